The Morgan fingerprint density at radius 3 is 2.32 bits per heavy atom. The topological polar surface area (TPSA) is 72.2 Å². The smallest absolute Gasteiger partial charge is 0.255 e. The molecule has 3 N–H and O–H groups in total. The Morgan fingerprint density at radius 1 is 1.00 bits per heavy atom. The molecule has 0 radical (unpaired) electrons. The fraction of sp³-hybridized carbons (Fsp3) is 0. The van der Waals surface area contributed by atoms with Crippen molar-refractivity contribution in [3.63, 3.8) is 0 Å². The molecule has 2 aromatic rings. The Balaban J connectivity index is 2.26. The average molecular weight is 275 g/mol. The van der Waals surface area contributed by atoms with Gasteiger partial charge in [-0.3, -0.25) is 9.59 Å². The highest BCUT2D eigenvalue weighted by Gasteiger charge is 2.10. The molecule has 0 saturated carbocycles. The SMILES string of the molecule is NC(=O)c1ccc(Cl)c(NC(=O)c2ccccc2)c1. The molecule has 19 heavy (non-hydrogen) atoms. The van der Waals surface area contributed by atoms with Gasteiger partial charge in [0.25, 0.3) is 5.91 Å². The maximum Gasteiger partial charge on any atom is 0.255 e. The zero-order valence-electron chi connectivity index (χ0n) is 9.89. The number of hydrogen-bond acceptors (Lipinski definition) is 2. The molecule has 0 heterocycles. The number of primary amides is 1. The first kappa shape index (κ1) is 13.1. The molecule has 2 aromatic carbocycles. The van der Waals surface area contributed by atoms with E-state index >= 15 is 0 Å². The normalized spacial score (nSPS) is 9.95. The van der Waals surface area contributed by atoms with E-state index in [-0.39, 0.29) is 11.5 Å². The van der Waals surface area contributed by atoms with Gasteiger partial charge in [-0.15, -0.1) is 0 Å². The summed E-state index contributed by atoms with van der Waals surface area (Å²) >= 11 is 5.97. The van der Waals surface area contributed by atoms with Gasteiger partial charge in [-0.05, 0) is 30.3 Å². The molecular weight excluding hydrogens is 264 g/mol. The van der Waals surface area contributed by atoms with Gasteiger partial charge in [0.05, 0.1) is 10.7 Å². The molecule has 0 aliphatic rings. The number of benzene rings is 2. The zero-order chi connectivity index (χ0) is 13.8. The highest BCUT2D eigenvalue weighted by atomic mass is 35.5. The monoisotopic (exact) mass is 274 g/mol. The van der Waals surface area contributed by atoms with Crippen molar-refractivity contribution in [1.29, 1.82) is 0 Å². The maximum absolute atomic E-state index is 12.0. The lowest BCUT2D eigenvalue weighted by Gasteiger charge is -2.08. The molecule has 0 fully saturated rings. The maximum atomic E-state index is 12.0. The number of rotatable bonds is 3. The second-order valence-electron chi connectivity index (χ2n) is 3.88. The minimum Gasteiger partial charge on any atom is -0.366 e. The molecule has 0 atom stereocenters. The summed E-state index contributed by atoms with van der Waals surface area (Å²) in [5.41, 5.74) is 6.32. The highest BCUT2D eigenvalue weighted by molar-refractivity contribution is 6.34. The minimum absolute atomic E-state index is 0.285. The lowest BCUT2D eigenvalue weighted by molar-refractivity contribution is 0.0996. The van der Waals surface area contributed by atoms with Crippen LogP contribution in [0.4, 0.5) is 5.69 Å². The molecule has 0 saturated heterocycles. The zero-order valence-corrected chi connectivity index (χ0v) is 10.6. The minimum atomic E-state index is -0.577. The first-order valence-electron chi connectivity index (χ1n) is 5.53. The van der Waals surface area contributed by atoms with E-state index in [4.69, 9.17) is 17.3 Å². The molecule has 96 valence electrons. The van der Waals surface area contributed by atoms with E-state index < -0.39 is 5.91 Å². The number of halogens is 1. The Kier molecular flexibility index (Phi) is 3.82. The summed E-state index contributed by atoms with van der Waals surface area (Å²) in [6.45, 7) is 0. The second-order valence-corrected chi connectivity index (χ2v) is 4.29. The van der Waals surface area contributed by atoms with Crippen molar-refractivity contribution in [2.45, 2.75) is 0 Å². The van der Waals surface area contributed by atoms with Crippen LogP contribution in [-0.4, -0.2) is 11.8 Å². The summed E-state index contributed by atoms with van der Waals surface area (Å²) in [4.78, 5) is 23.0. The van der Waals surface area contributed by atoms with Gasteiger partial charge >= 0.3 is 0 Å². The molecule has 4 nitrogen and oxygen atoms in total. The van der Waals surface area contributed by atoms with Crippen LogP contribution < -0.4 is 11.1 Å². The van der Waals surface area contributed by atoms with E-state index in [1.54, 1.807) is 24.3 Å². The van der Waals surface area contributed by atoms with Crippen LogP contribution in [0.2, 0.25) is 5.02 Å². The van der Waals surface area contributed by atoms with Gasteiger partial charge in [0.2, 0.25) is 5.91 Å². The van der Waals surface area contributed by atoms with Crippen molar-refractivity contribution in [2.24, 2.45) is 5.73 Å². The van der Waals surface area contributed by atoms with Crippen molar-refractivity contribution >= 4 is 29.1 Å². The van der Waals surface area contributed by atoms with E-state index in [1.165, 1.54) is 18.2 Å². The van der Waals surface area contributed by atoms with Crippen molar-refractivity contribution in [3.8, 4) is 0 Å². The molecule has 0 aliphatic heterocycles. The predicted molar refractivity (Wildman–Crippen MR) is 74.4 cm³/mol. The van der Waals surface area contributed by atoms with Crippen molar-refractivity contribution in [2.75, 3.05) is 5.32 Å². The Hall–Kier alpha value is -2.33. The average Bonchev–Trinajstić information content (AvgIpc) is 2.42. The lowest BCUT2D eigenvalue weighted by atomic mass is 10.1. The summed E-state index contributed by atoms with van der Waals surface area (Å²) in [5, 5.41) is 2.99. The van der Waals surface area contributed by atoms with Gasteiger partial charge < -0.3 is 11.1 Å². The van der Waals surface area contributed by atoms with Crippen LogP contribution in [0, 0.1) is 0 Å². The van der Waals surface area contributed by atoms with Crippen LogP contribution in [-0.2, 0) is 0 Å². The number of nitrogens with two attached hydrogens (primary N) is 1. The van der Waals surface area contributed by atoms with E-state index in [0.717, 1.165) is 0 Å². The van der Waals surface area contributed by atoms with Crippen molar-refractivity contribution in [1.82, 2.24) is 0 Å². The summed E-state index contributed by atoms with van der Waals surface area (Å²) < 4.78 is 0. The molecule has 0 aliphatic carbocycles. The van der Waals surface area contributed by atoms with Crippen LogP contribution >= 0.6 is 11.6 Å². The number of amides is 2. The molecular formula is C14H11ClN2O2. The summed E-state index contributed by atoms with van der Waals surface area (Å²) in [6, 6.07) is 13.2. The fourth-order valence-electron chi connectivity index (χ4n) is 1.56. The van der Waals surface area contributed by atoms with Crippen molar-refractivity contribution < 1.29 is 9.59 Å². The van der Waals surface area contributed by atoms with Gasteiger partial charge in [-0.2, -0.15) is 0 Å². The Bertz CT molecular complexity index is 627. The number of carbonyl (C=O) groups excluding carboxylic acids is 2. The fourth-order valence-corrected chi connectivity index (χ4v) is 1.72. The second kappa shape index (κ2) is 5.54. The van der Waals surface area contributed by atoms with Crippen molar-refractivity contribution in [3.05, 3.63) is 64.7 Å². The third-order valence-corrected chi connectivity index (χ3v) is 2.86. The largest absolute Gasteiger partial charge is 0.366 e. The van der Waals surface area contributed by atoms with Crippen LogP contribution in [0.25, 0.3) is 0 Å². The molecule has 0 aromatic heterocycles. The summed E-state index contributed by atoms with van der Waals surface area (Å²) in [7, 11) is 0. The quantitative estimate of drug-likeness (QED) is 0.903. The first-order chi connectivity index (χ1) is 9.08. The van der Waals surface area contributed by atoms with Gasteiger partial charge in [-0.1, -0.05) is 29.8 Å². The van der Waals surface area contributed by atoms with Crippen LogP contribution in [0.1, 0.15) is 20.7 Å². The Morgan fingerprint density at radius 2 is 1.68 bits per heavy atom. The summed E-state index contributed by atoms with van der Waals surface area (Å²) in [5.74, 6) is -0.879. The molecule has 0 bridgehead atoms. The van der Waals surface area contributed by atoms with Gasteiger partial charge in [0.1, 0.15) is 0 Å². The standard InChI is InChI=1S/C14H11ClN2O2/c15-11-7-6-10(13(16)18)8-12(11)17-14(19)9-4-2-1-3-5-9/h1-8H,(H2,16,18)(H,17,19). The molecule has 2 rings (SSSR count). The molecule has 5 heteroatoms. The van der Waals surface area contributed by atoms with Gasteiger partial charge in [-0.25, -0.2) is 0 Å². The molecule has 2 amide bonds. The third kappa shape index (κ3) is 3.11. The van der Waals surface area contributed by atoms with Crippen LogP contribution in [0.5, 0.6) is 0 Å². The van der Waals surface area contributed by atoms with Crippen LogP contribution in [0.15, 0.2) is 48.5 Å². The van der Waals surface area contributed by atoms with E-state index in [1.807, 2.05) is 6.07 Å². The first-order valence-corrected chi connectivity index (χ1v) is 5.91. The number of anilines is 1. The molecule has 0 unspecified atom stereocenters. The van der Waals surface area contributed by atoms with Gasteiger partial charge in [0.15, 0.2) is 0 Å². The van der Waals surface area contributed by atoms with Gasteiger partial charge in [0, 0.05) is 11.1 Å². The molecule has 0 spiro atoms. The lowest BCUT2D eigenvalue weighted by Crippen LogP contribution is -2.14. The van der Waals surface area contributed by atoms with E-state index in [2.05, 4.69) is 5.32 Å². The van der Waals surface area contributed by atoms with E-state index in [0.29, 0.717) is 16.3 Å². The predicted octanol–water partition coefficient (Wildman–Crippen LogP) is 2.69. The number of hydrogen-bond donors (Lipinski definition) is 2. The summed E-state index contributed by atoms with van der Waals surface area (Å²) in [6.07, 6.45) is 0. The third-order valence-electron chi connectivity index (χ3n) is 2.54. The number of nitrogens with one attached hydrogen (secondary N) is 1. The number of carbonyl (C=O) groups is 2. The highest BCUT2D eigenvalue weighted by Crippen LogP contribution is 2.23. The van der Waals surface area contributed by atoms with E-state index in [9.17, 15) is 9.59 Å². The Labute approximate surface area is 115 Å². The van der Waals surface area contributed by atoms with Crippen LogP contribution in [0.3, 0.4) is 0 Å².